The maximum atomic E-state index is 11.9. The van der Waals surface area contributed by atoms with Crippen LogP contribution in [0.5, 0.6) is 11.5 Å². The molecule has 2 bridgehead atoms. The van der Waals surface area contributed by atoms with Crippen molar-refractivity contribution >= 4 is 18.0 Å². The van der Waals surface area contributed by atoms with Gasteiger partial charge in [0, 0.05) is 18.9 Å². The molecule has 1 saturated heterocycles. The Morgan fingerprint density at radius 3 is 2.75 bits per heavy atom. The number of carbonyl (C=O) groups excluding carboxylic acids is 2. The lowest BCUT2D eigenvalue weighted by Crippen LogP contribution is -2.50. The number of hydrogen-bond donors (Lipinski definition) is 4. The molecule has 2 fully saturated rings. The summed E-state index contributed by atoms with van der Waals surface area (Å²) in [6, 6.07) is 4.00. The lowest BCUT2D eigenvalue weighted by Gasteiger charge is -2.32. The summed E-state index contributed by atoms with van der Waals surface area (Å²) in [5, 5.41) is 38.5. The number of rotatable bonds is 3. The molecule has 1 heterocycles. The first kappa shape index (κ1) is 16.3. The number of benzene rings is 1. The van der Waals surface area contributed by atoms with Crippen LogP contribution in [0.1, 0.15) is 18.4 Å². The molecule has 1 aromatic rings. The monoisotopic (exact) mass is 336 g/mol. The van der Waals surface area contributed by atoms with Crippen molar-refractivity contribution in [2.45, 2.75) is 36.8 Å². The molecular formula is C16H16O8. The van der Waals surface area contributed by atoms with E-state index in [1.807, 2.05) is 0 Å². The summed E-state index contributed by atoms with van der Waals surface area (Å²) in [6.45, 7) is 0. The van der Waals surface area contributed by atoms with Crippen molar-refractivity contribution in [1.29, 1.82) is 0 Å². The molecule has 1 aliphatic carbocycles. The number of hydrogen-bond acceptors (Lipinski definition) is 8. The molecule has 0 amide bonds. The first-order chi connectivity index (χ1) is 11.3. The van der Waals surface area contributed by atoms with Gasteiger partial charge in [-0.25, -0.2) is 9.59 Å². The Morgan fingerprint density at radius 1 is 1.29 bits per heavy atom. The van der Waals surface area contributed by atoms with Gasteiger partial charge in [0.1, 0.15) is 6.10 Å². The minimum absolute atomic E-state index is 0.0314. The molecule has 0 unspecified atom stereocenters. The standard InChI is InChI=1S/C16H16O8/c17-9-3-1-8(5-10(9)18)2-4-13(20)24-14-11(19)6-16(22)7-12(14)23-15(16)21/h1-5,11-12,14,17-19,22H,6-7H2/b4-2+/t11-,12-,14-,16-/m1/s1. The highest BCUT2D eigenvalue weighted by Gasteiger charge is 2.58. The Kier molecular flexibility index (Phi) is 3.94. The molecule has 4 atom stereocenters. The SMILES string of the molecule is O=C(/C=C/c1ccc(O)c(O)c1)O[C@@H]1[C@H](O)C[C@@]2(O)C[C@H]1OC2=O. The fourth-order valence-electron chi connectivity index (χ4n) is 2.90. The first-order valence-corrected chi connectivity index (χ1v) is 7.31. The summed E-state index contributed by atoms with van der Waals surface area (Å²) in [5.41, 5.74) is -1.26. The predicted molar refractivity (Wildman–Crippen MR) is 78.8 cm³/mol. The smallest absolute Gasteiger partial charge is 0.338 e. The highest BCUT2D eigenvalue weighted by atomic mass is 16.6. The van der Waals surface area contributed by atoms with Gasteiger partial charge in [-0.15, -0.1) is 0 Å². The first-order valence-electron chi connectivity index (χ1n) is 7.31. The van der Waals surface area contributed by atoms with Gasteiger partial charge in [0.2, 0.25) is 0 Å². The van der Waals surface area contributed by atoms with Crippen molar-refractivity contribution in [3.63, 3.8) is 0 Å². The molecule has 0 radical (unpaired) electrons. The van der Waals surface area contributed by atoms with Crippen molar-refractivity contribution < 1.29 is 39.5 Å². The molecule has 24 heavy (non-hydrogen) atoms. The lowest BCUT2D eigenvalue weighted by atomic mass is 9.82. The molecule has 4 N–H and O–H groups in total. The van der Waals surface area contributed by atoms with E-state index in [1.165, 1.54) is 24.3 Å². The molecular weight excluding hydrogens is 320 g/mol. The summed E-state index contributed by atoms with van der Waals surface area (Å²) >= 11 is 0. The fraction of sp³-hybridized carbons (Fsp3) is 0.375. The number of aliphatic hydroxyl groups is 2. The van der Waals surface area contributed by atoms with Crippen LogP contribution >= 0.6 is 0 Å². The zero-order valence-electron chi connectivity index (χ0n) is 12.5. The number of aliphatic hydroxyl groups excluding tert-OH is 1. The Hall–Kier alpha value is -2.58. The second kappa shape index (κ2) is 5.81. The van der Waals surface area contributed by atoms with E-state index < -0.39 is 35.9 Å². The maximum Gasteiger partial charge on any atom is 0.338 e. The Balaban J connectivity index is 1.65. The zero-order chi connectivity index (χ0) is 17.5. The Labute approximate surface area is 136 Å². The maximum absolute atomic E-state index is 11.9. The second-order valence-corrected chi connectivity index (χ2v) is 5.93. The van der Waals surface area contributed by atoms with Gasteiger partial charge in [-0.3, -0.25) is 0 Å². The van der Waals surface area contributed by atoms with E-state index in [0.29, 0.717) is 5.56 Å². The lowest BCUT2D eigenvalue weighted by molar-refractivity contribution is -0.165. The molecule has 1 aromatic carbocycles. The van der Waals surface area contributed by atoms with Crippen LogP contribution in [-0.2, 0) is 19.1 Å². The van der Waals surface area contributed by atoms with Crippen molar-refractivity contribution in [3.05, 3.63) is 29.8 Å². The number of aromatic hydroxyl groups is 2. The molecule has 3 rings (SSSR count). The molecule has 8 nitrogen and oxygen atoms in total. The summed E-state index contributed by atoms with van der Waals surface area (Å²) in [7, 11) is 0. The fourth-order valence-corrected chi connectivity index (χ4v) is 2.90. The normalized spacial score (nSPS) is 31.9. The van der Waals surface area contributed by atoms with Gasteiger partial charge in [0.25, 0.3) is 0 Å². The average Bonchev–Trinajstić information content (AvgIpc) is 2.76. The average molecular weight is 336 g/mol. The van der Waals surface area contributed by atoms with Gasteiger partial charge in [0.15, 0.2) is 23.2 Å². The van der Waals surface area contributed by atoms with E-state index in [9.17, 15) is 30.0 Å². The molecule has 0 aromatic heterocycles. The zero-order valence-corrected chi connectivity index (χ0v) is 12.5. The van der Waals surface area contributed by atoms with Gasteiger partial charge in [0.05, 0.1) is 6.10 Å². The van der Waals surface area contributed by atoms with Gasteiger partial charge in [-0.05, 0) is 23.8 Å². The van der Waals surface area contributed by atoms with Crippen molar-refractivity contribution in [3.8, 4) is 11.5 Å². The molecule has 128 valence electrons. The third-order valence-electron chi connectivity index (χ3n) is 4.13. The molecule has 2 aliphatic rings. The van der Waals surface area contributed by atoms with E-state index in [0.717, 1.165) is 6.08 Å². The highest BCUT2D eigenvalue weighted by molar-refractivity contribution is 5.87. The Morgan fingerprint density at radius 2 is 2.04 bits per heavy atom. The topological polar surface area (TPSA) is 134 Å². The molecule has 1 saturated carbocycles. The summed E-state index contributed by atoms with van der Waals surface area (Å²) in [5.74, 6) is -2.21. The van der Waals surface area contributed by atoms with Gasteiger partial charge in [-0.2, -0.15) is 0 Å². The summed E-state index contributed by atoms with van der Waals surface area (Å²) in [4.78, 5) is 23.4. The van der Waals surface area contributed by atoms with Crippen LogP contribution in [0.15, 0.2) is 24.3 Å². The predicted octanol–water partition coefficient (Wildman–Crippen LogP) is -0.166. The number of ether oxygens (including phenoxy) is 2. The van der Waals surface area contributed by atoms with E-state index in [1.54, 1.807) is 0 Å². The van der Waals surface area contributed by atoms with Crippen LogP contribution < -0.4 is 0 Å². The van der Waals surface area contributed by atoms with Gasteiger partial charge < -0.3 is 29.9 Å². The van der Waals surface area contributed by atoms with Crippen LogP contribution in [0.4, 0.5) is 0 Å². The van der Waals surface area contributed by atoms with Crippen molar-refractivity contribution in [1.82, 2.24) is 0 Å². The second-order valence-electron chi connectivity index (χ2n) is 5.93. The minimum atomic E-state index is -1.72. The van der Waals surface area contributed by atoms with Crippen molar-refractivity contribution in [2.24, 2.45) is 0 Å². The number of phenols is 2. The molecule has 1 aliphatic heterocycles. The van der Waals surface area contributed by atoms with Crippen molar-refractivity contribution in [2.75, 3.05) is 0 Å². The number of fused-ring (bicyclic) bond motifs is 2. The number of esters is 2. The van der Waals surface area contributed by atoms with E-state index in [2.05, 4.69) is 0 Å². The van der Waals surface area contributed by atoms with Crippen LogP contribution in [0.2, 0.25) is 0 Å². The van der Waals surface area contributed by atoms with E-state index in [4.69, 9.17) is 9.47 Å². The van der Waals surface area contributed by atoms with Gasteiger partial charge in [-0.1, -0.05) is 6.07 Å². The highest BCUT2D eigenvalue weighted by Crippen LogP contribution is 2.39. The van der Waals surface area contributed by atoms with Gasteiger partial charge >= 0.3 is 11.9 Å². The Bertz CT molecular complexity index is 712. The van der Waals surface area contributed by atoms with Crippen LogP contribution in [0, 0.1) is 0 Å². The van der Waals surface area contributed by atoms with Crippen LogP contribution in [0.25, 0.3) is 6.08 Å². The van der Waals surface area contributed by atoms with E-state index in [-0.39, 0.29) is 24.3 Å². The number of phenolic OH excluding ortho intramolecular Hbond substituents is 2. The largest absolute Gasteiger partial charge is 0.504 e. The third kappa shape index (κ3) is 2.93. The van der Waals surface area contributed by atoms with Crippen LogP contribution in [-0.4, -0.2) is 56.3 Å². The minimum Gasteiger partial charge on any atom is -0.504 e. The third-order valence-corrected chi connectivity index (χ3v) is 4.13. The quantitative estimate of drug-likeness (QED) is 0.340. The van der Waals surface area contributed by atoms with Crippen LogP contribution in [0.3, 0.4) is 0 Å². The summed E-state index contributed by atoms with van der Waals surface area (Å²) < 4.78 is 10.1. The van der Waals surface area contributed by atoms with E-state index >= 15 is 0 Å². The number of carbonyl (C=O) groups is 2. The summed E-state index contributed by atoms with van der Waals surface area (Å²) in [6.07, 6.45) is -1.01. The molecule has 0 spiro atoms. The molecule has 8 heteroatoms.